The monoisotopic (exact) mass is 595 g/mol. The van der Waals surface area contributed by atoms with Crippen LogP contribution in [0.15, 0.2) is 48.6 Å². The summed E-state index contributed by atoms with van der Waals surface area (Å²) in [5.41, 5.74) is -0.837. The Morgan fingerprint density at radius 2 is 1.86 bits per heavy atom. The summed E-state index contributed by atoms with van der Waals surface area (Å²) in [5.74, 6) is -2.86. The van der Waals surface area contributed by atoms with Gasteiger partial charge in [0.2, 0.25) is 11.8 Å². The van der Waals surface area contributed by atoms with Gasteiger partial charge in [-0.2, -0.15) is 0 Å². The van der Waals surface area contributed by atoms with E-state index in [1.807, 2.05) is 26.0 Å². The Morgan fingerprint density at radius 3 is 2.53 bits per heavy atom. The van der Waals surface area contributed by atoms with Gasteiger partial charge in [-0.15, -0.1) is 0 Å². The number of nitrogens with one attached hydrogen (secondary N) is 1. The number of methoxy groups -OCH3 is 1. The molecule has 0 saturated carbocycles. The fraction of sp³-hybridized carbons (Fsp3) is 0.562. The van der Waals surface area contributed by atoms with Gasteiger partial charge in [0.25, 0.3) is 5.91 Å². The average molecular weight is 596 g/mol. The van der Waals surface area contributed by atoms with Crippen molar-refractivity contribution in [2.45, 2.75) is 69.9 Å². The molecule has 2 fully saturated rings. The Labute approximate surface area is 251 Å². The minimum Gasteiger partial charge on any atom is -0.497 e. The van der Waals surface area contributed by atoms with Crippen molar-refractivity contribution in [1.29, 1.82) is 0 Å². The van der Waals surface area contributed by atoms with Crippen molar-refractivity contribution in [3.05, 3.63) is 48.6 Å². The van der Waals surface area contributed by atoms with Gasteiger partial charge in [0, 0.05) is 18.7 Å². The Morgan fingerprint density at radius 1 is 1.12 bits per heavy atom. The normalized spacial score (nSPS) is 32.6. The van der Waals surface area contributed by atoms with Gasteiger partial charge in [-0.05, 0) is 49.9 Å². The van der Waals surface area contributed by atoms with Gasteiger partial charge in [0.05, 0.1) is 38.3 Å². The van der Waals surface area contributed by atoms with Crippen LogP contribution >= 0.6 is 0 Å². The van der Waals surface area contributed by atoms with Gasteiger partial charge in [-0.25, -0.2) is 0 Å². The summed E-state index contributed by atoms with van der Waals surface area (Å²) < 4.78 is 17.5. The van der Waals surface area contributed by atoms with E-state index in [0.717, 1.165) is 0 Å². The fourth-order valence-electron chi connectivity index (χ4n) is 6.78. The molecule has 0 unspecified atom stereocenters. The van der Waals surface area contributed by atoms with E-state index < -0.39 is 59.5 Å². The van der Waals surface area contributed by atoms with Crippen LogP contribution in [0.5, 0.6) is 5.75 Å². The predicted octanol–water partition coefficient (Wildman–Crippen LogP) is 1.98. The summed E-state index contributed by atoms with van der Waals surface area (Å²) in [6.07, 6.45) is 6.89. The number of amides is 3. The van der Waals surface area contributed by atoms with Crippen LogP contribution in [-0.4, -0.2) is 90.4 Å². The number of aliphatic hydroxyl groups excluding tert-OH is 1. The lowest BCUT2D eigenvalue weighted by atomic mass is 9.74. The molecule has 4 aliphatic rings. The van der Waals surface area contributed by atoms with E-state index in [1.54, 1.807) is 55.4 Å². The third kappa shape index (κ3) is 5.68. The highest BCUT2D eigenvalue weighted by Crippen LogP contribution is 2.56. The van der Waals surface area contributed by atoms with Crippen LogP contribution in [0.1, 0.15) is 40.0 Å². The van der Waals surface area contributed by atoms with Gasteiger partial charge in [-0.1, -0.05) is 38.2 Å². The smallest absolute Gasteiger partial charge is 0.313 e. The number of likely N-dealkylation sites (tertiary alicyclic amines) is 1. The molecule has 5 rings (SSSR count). The summed E-state index contributed by atoms with van der Waals surface area (Å²) in [6.45, 7) is 5.59. The first-order valence-corrected chi connectivity index (χ1v) is 15.0. The fourth-order valence-corrected chi connectivity index (χ4v) is 6.78. The van der Waals surface area contributed by atoms with Crippen LogP contribution in [-0.2, 0) is 28.7 Å². The zero-order chi connectivity index (χ0) is 30.9. The molecule has 0 radical (unpaired) electrons. The number of fused-ring (bicyclic) bond motifs is 2. The molecular weight excluding hydrogens is 554 g/mol. The van der Waals surface area contributed by atoms with Crippen LogP contribution in [0.25, 0.3) is 0 Å². The number of esters is 1. The lowest BCUT2D eigenvalue weighted by Crippen LogP contribution is -2.59. The number of anilines is 1. The first-order valence-electron chi connectivity index (χ1n) is 15.0. The molecule has 232 valence electrons. The number of ether oxygens (including phenoxy) is 3. The molecule has 7 atom stereocenters. The Bertz CT molecular complexity index is 1290. The lowest BCUT2D eigenvalue weighted by molar-refractivity contribution is -0.159. The zero-order valence-corrected chi connectivity index (χ0v) is 25.1. The maximum Gasteiger partial charge on any atom is 0.313 e. The molecule has 1 aromatic carbocycles. The summed E-state index contributed by atoms with van der Waals surface area (Å²) in [7, 11) is 1.56. The van der Waals surface area contributed by atoms with Crippen LogP contribution in [0.3, 0.4) is 0 Å². The van der Waals surface area contributed by atoms with E-state index in [1.165, 1.54) is 4.90 Å². The van der Waals surface area contributed by atoms with Crippen molar-refractivity contribution in [2.24, 2.45) is 17.8 Å². The molecule has 1 aromatic rings. The van der Waals surface area contributed by atoms with Gasteiger partial charge < -0.3 is 34.4 Å². The second-order valence-corrected chi connectivity index (χ2v) is 12.1. The van der Waals surface area contributed by atoms with Crippen molar-refractivity contribution in [3.63, 3.8) is 0 Å². The van der Waals surface area contributed by atoms with Crippen LogP contribution < -0.4 is 15.0 Å². The summed E-state index contributed by atoms with van der Waals surface area (Å²) in [6, 6.07) is 5.22. The highest BCUT2D eigenvalue weighted by Gasteiger charge is 2.74. The number of benzene rings is 1. The average Bonchev–Trinajstić information content (AvgIpc) is 3.63. The Balaban J connectivity index is 1.62. The number of rotatable bonds is 6. The summed E-state index contributed by atoms with van der Waals surface area (Å²) in [5, 5.41) is 13.3. The molecule has 11 heteroatoms. The molecule has 0 aromatic heterocycles. The largest absolute Gasteiger partial charge is 0.497 e. The number of carbonyl (C=O) groups excluding carboxylic acids is 4. The van der Waals surface area contributed by atoms with Crippen molar-refractivity contribution >= 4 is 29.4 Å². The van der Waals surface area contributed by atoms with Crippen LogP contribution in [0.4, 0.5) is 5.69 Å². The highest BCUT2D eigenvalue weighted by molar-refractivity contribution is 6.05. The zero-order valence-electron chi connectivity index (χ0n) is 25.1. The predicted molar refractivity (Wildman–Crippen MR) is 157 cm³/mol. The van der Waals surface area contributed by atoms with Gasteiger partial charge in [-0.3, -0.25) is 19.2 Å². The number of nitrogens with zero attached hydrogens (tertiary/aromatic N) is 2. The molecular formula is C32H41N3O8. The van der Waals surface area contributed by atoms with E-state index in [2.05, 4.69) is 5.32 Å². The molecule has 2 N–H and O–H groups in total. The molecule has 43 heavy (non-hydrogen) atoms. The van der Waals surface area contributed by atoms with Crippen molar-refractivity contribution in [3.8, 4) is 5.75 Å². The number of hydrogen-bond acceptors (Lipinski definition) is 8. The van der Waals surface area contributed by atoms with Crippen molar-refractivity contribution < 1.29 is 38.5 Å². The third-order valence-corrected chi connectivity index (χ3v) is 8.71. The first-order chi connectivity index (χ1) is 20.6. The highest BCUT2D eigenvalue weighted by atomic mass is 16.6. The first kappa shape index (κ1) is 30.7. The molecule has 11 nitrogen and oxygen atoms in total. The second-order valence-electron chi connectivity index (χ2n) is 12.1. The van der Waals surface area contributed by atoms with Gasteiger partial charge in [0.1, 0.15) is 29.4 Å². The minimum atomic E-state index is -1.41. The van der Waals surface area contributed by atoms with E-state index in [4.69, 9.17) is 14.2 Å². The minimum absolute atomic E-state index is 0.120. The van der Waals surface area contributed by atoms with Gasteiger partial charge in [0.15, 0.2) is 0 Å². The van der Waals surface area contributed by atoms with E-state index >= 15 is 0 Å². The molecule has 4 aliphatic heterocycles. The molecule has 2 saturated heterocycles. The molecule has 5 bridgehead atoms. The Kier molecular flexibility index (Phi) is 8.94. The van der Waals surface area contributed by atoms with E-state index in [9.17, 15) is 24.3 Å². The maximum atomic E-state index is 14.8. The molecule has 4 heterocycles. The Hall–Kier alpha value is -3.70. The summed E-state index contributed by atoms with van der Waals surface area (Å²) in [4.78, 5) is 58.2. The molecule has 1 spiro atoms. The number of cyclic esters (lactones) is 1. The number of carbonyl (C=O) groups is 4. The lowest BCUT2D eigenvalue weighted by Gasteiger charge is -2.39. The van der Waals surface area contributed by atoms with Crippen molar-refractivity contribution in [2.75, 3.05) is 31.7 Å². The standard InChI is InChI=1S/C32H41N3O8/c1-19(2)16-22(18-36)35-28-30(39)34(21-9-11-23(41-4)12-10-21)15-7-5-6-8-25(37)33-17-20(3)42-31(40)26-24-13-14-32(28,43-24)27(26)29(35)38/h5,7,9-14,19-20,22,24,26-28,36H,6,8,15-18H2,1-4H3,(H,33,37)/b7-5-/t20-,22+,24+,26-,27-,28+,32-/m0/s1. The quantitative estimate of drug-likeness (QED) is 0.377. The maximum absolute atomic E-state index is 14.8. The second kappa shape index (κ2) is 12.5. The van der Waals surface area contributed by atoms with E-state index in [-0.39, 0.29) is 37.9 Å². The van der Waals surface area contributed by atoms with Crippen molar-refractivity contribution in [1.82, 2.24) is 10.2 Å². The van der Waals surface area contributed by atoms with Crippen LogP contribution in [0, 0.1) is 17.8 Å². The third-order valence-electron chi connectivity index (χ3n) is 8.71. The SMILES string of the molecule is COc1ccc(N2C/C=C\CCC(=O)NC[C@H](C)OC(=O)[C@@H]3[C@H]4C(=O)N([C@@H](CO)CC(C)C)[C@H](C2=O)[C@]42C=C[C@H]3O2)cc1. The molecule has 3 amide bonds. The number of hydrogen-bond donors (Lipinski definition) is 2. The topological polar surface area (TPSA) is 135 Å². The number of aliphatic hydroxyl groups is 1. The molecule has 0 aliphatic carbocycles. The number of allylic oxidation sites excluding steroid dienone is 1. The van der Waals surface area contributed by atoms with Gasteiger partial charge >= 0.3 is 5.97 Å². The summed E-state index contributed by atoms with van der Waals surface area (Å²) >= 11 is 0. The van der Waals surface area contributed by atoms with Crippen LogP contribution in [0.2, 0.25) is 0 Å². The van der Waals surface area contributed by atoms with E-state index in [0.29, 0.717) is 24.3 Å².